The molecule has 21 heavy (non-hydrogen) atoms. The van der Waals surface area contributed by atoms with Crippen LogP contribution in [0.5, 0.6) is 0 Å². The molecule has 1 aliphatic carbocycles. The Morgan fingerprint density at radius 1 is 1.33 bits per heavy atom. The van der Waals surface area contributed by atoms with Gasteiger partial charge in [-0.05, 0) is 19.8 Å². The van der Waals surface area contributed by atoms with Gasteiger partial charge in [-0.2, -0.15) is 0 Å². The maximum absolute atomic E-state index is 11.9. The van der Waals surface area contributed by atoms with Crippen LogP contribution in [0.1, 0.15) is 23.4 Å². The van der Waals surface area contributed by atoms with E-state index in [1.54, 1.807) is 11.6 Å². The van der Waals surface area contributed by atoms with Crippen LogP contribution in [0.15, 0.2) is 11.6 Å². The van der Waals surface area contributed by atoms with Gasteiger partial charge in [0.15, 0.2) is 10.3 Å². The Morgan fingerprint density at radius 2 is 2.14 bits per heavy atom. The fourth-order valence-electron chi connectivity index (χ4n) is 1.74. The Bertz CT molecular complexity index is 675. The highest BCUT2D eigenvalue weighted by atomic mass is 32.1. The molecule has 110 valence electrons. The number of aryl methyl sites for hydroxylation is 1. The quantitative estimate of drug-likeness (QED) is 0.885. The Hall–Kier alpha value is -1.80. The SMILES string of the molecule is Cc1cnc(NC(=O)Cc2csc(NC(=O)C3CC3)n2)s1. The first-order chi connectivity index (χ1) is 10.1. The van der Waals surface area contributed by atoms with E-state index < -0.39 is 0 Å². The van der Waals surface area contributed by atoms with Gasteiger partial charge in [-0.25, -0.2) is 9.97 Å². The van der Waals surface area contributed by atoms with Crippen molar-refractivity contribution in [2.24, 2.45) is 5.92 Å². The second-order valence-electron chi connectivity index (χ2n) is 4.91. The fraction of sp³-hybridized carbons (Fsp3) is 0.385. The van der Waals surface area contributed by atoms with Crippen molar-refractivity contribution in [3.8, 4) is 0 Å². The predicted molar refractivity (Wildman–Crippen MR) is 82.7 cm³/mol. The third kappa shape index (κ3) is 3.85. The van der Waals surface area contributed by atoms with Crippen molar-refractivity contribution >= 4 is 44.8 Å². The van der Waals surface area contributed by atoms with Crippen LogP contribution < -0.4 is 10.6 Å². The molecule has 3 rings (SSSR count). The molecule has 1 saturated carbocycles. The fourth-order valence-corrected chi connectivity index (χ4v) is 3.13. The first-order valence-electron chi connectivity index (χ1n) is 6.57. The number of aromatic nitrogens is 2. The summed E-state index contributed by atoms with van der Waals surface area (Å²) in [5.74, 6) is 0.0159. The van der Waals surface area contributed by atoms with E-state index in [0.29, 0.717) is 16.0 Å². The minimum atomic E-state index is -0.158. The largest absolute Gasteiger partial charge is 0.302 e. The lowest BCUT2D eigenvalue weighted by atomic mass is 10.3. The van der Waals surface area contributed by atoms with Gasteiger partial charge in [0.25, 0.3) is 0 Å². The highest BCUT2D eigenvalue weighted by Gasteiger charge is 2.30. The predicted octanol–water partition coefficient (Wildman–Crippen LogP) is 2.44. The number of anilines is 2. The number of amides is 2. The number of rotatable bonds is 5. The number of carbonyl (C=O) groups excluding carboxylic acids is 2. The summed E-state index contributed by atoms with van der Waals surface area (Å²) in [5, 5.41) is 8.45. The van der Waals surface area contributed by atoms with Crippen molar-refractivity contribution in [3.05, 3.63) is 22.1 Å². The van der Waals surface area contributed by atoms with E-state index >= 15 is 0 Å². The van der Waals surface area contributed by atoms with E-state index in [-0.39, 0.29) is 24.2 Å². The second kappa shape index (κ2) is 5.90. The van der Waals surface area contributed by atoms with E-state index in [1.165, 1.54) is 22.7 Å². The first-order valence-corrected chi connectivity index (χ1v) is 8.27. The molecule has 0 saturated heterocycles. The molecule has 0 aliphatic heterocycles. The molecule has 0 aromatic carbocycles. The molecule has 2 aromatic heterocycles. The zero-order valence-electron chi connectivity index (χ0n) is 11.4. The lowest BCUT2D eigenvalue weighted by Gasteiger charge is -1.99. The van der Waals surface area contributed by atoms with Crippen molar-refractivity contribution < 1.29 is 9.59 Å². The van der Waals surface area contributed by atoms with Crippen molar-refractivity contribution in [3.63, 3.8) is 0 Å². The maximum Gasteiger partial charge on any atom is 0.232 e. The van der Waals surface area contributed by atoms with Crippen LogP contribution >= 0.6 is 22.7 Å². The molecule has 0 atom stereocenters. The zero-order valence-corrected chi connectivity index (χ0v) is 13.0. The average Bonchev–Trinajstić information content (AvgIpc) is 3.08. The molecule has 0 spiro atoms. The van der Waals surface area contributed by atoms with Crippen LogP contribution in [-0.4, -0.2) is 21.8 Å². The van der Waals surface area contributed by atoms with Gasteiger partial charge >= 0.3 is 0 Å². The number of hydrogen-bond donors (Lipinski definition) is 2. The molecule has 0 radical (unpaired) electrons. The summed E-state index contributed by atoms with van der Waals surface area (Å²) in [6.07, 6.45) is 3.81. The summed E-state index contributed by atoms with van der Waals surface area (Å²) in [6.45, 7) is 1.93. The van der Waals surface area contributed by atoms with Crippen LogP contribution in [0, 0.1) is 12.8 Å². The molecule has 1 fully saturated rings. The van der Waals surface area contributed by atoms with Gasteiger partial charge in [0.05, 0.1) is 12.1 Å². The Balaban J connectivity index is 1.53. The van der Waals surface area contributed by atoms with Crippen LogP contribution in [0.4, 0.5) is 10.3 Å². The lowest BCUT2D eigenvalue weighted by molar-refractivity contribution is -0.117. The van der Waals surface area contributed by atoms with Crippen molar-refractivity contribution in [1.82, 2.24) is 9.97 Å². The first kappa shape index (κ1) is 14.2. The highest BCUT2D eigenvalue weighted by Crippen LogP contribution is 2.30. The third-order valence-corrected chi connectivity index (χ3v) is 4.57. The van der Waals surface area contributed by atoms with E-state index in [0.717, 1.165) is 17.7 Å². The maximum atomic E-state index is 11.9. The Morgan fingerprint density at radius 3 is 2.81 bits per heavy atom. The third-order valence-electron chi connectivity index (χ3n) is 2.94. The van der Waals surface area contributed by atoms with E-state index in [9.17, 15) is 9.59 Å². The van der Waals surface area contributed by atoms with Gasteiger partial charge in [-0.15, -0.1) is 22.7 Å². The normalized spacial score (nSPS) is 14.0. The topological polar surface area (TPSA) is 84.0 Å². The van der Waals surface area contributed by atoms with Gasteiger partial charge in [0, 0.05) is 22.4 Å². The molecule has 2 amide bonds. The van der Waals surface area contributed by atoms with E-state index in [1.807, 2.05) is 6.92 Å². The standard InChI is InChI=1S/C13H14N4O2S2/c1-7-5-14-12(21-7)16-10(18)4-9-6-20-13(15-9)17-11(19)8-2-3-8/h5-6,8H,2-4H2,1H3,(H,14,16,18)(H,15,17,19). The minimum absolute atomic E-state index is 0.0265. The molecule has 2 aromatic rings. The number of nitrogens with one attached hydrogen (secondary N) is 2. The molecule has 2 N–H and O–H groups in total. The Labute approximate surface area is 129 Å². The molecule has 6 nitrogen and oxygen atoms in total. The number of thiazole rings is 2. The zero-order chi connectivity index (χ0) is 14.8. The summed E-state index contributed by atoms with van der Waals surface area (Å²) in [6, 6.07) is 0. The molecule has 0 bridgehead atoms. The molecule has 2 heterocycles. The number of carbonyl (C=O) groups is 2. The number of nitrogens with zero attached hydrogens (tertiary/aromatic N) is 2. The summed E-state index contributed by atoms with van der Waals surface area (Å²) < 4.78 is 0. The summed E-state index contributed by atoms with van der Waals surface area (Å²) in [4.78, 5) is 32.9. The van der Waals surface area contributed by atoms with Gasteiger partial charge in [-0.3, -0.25) is 9.59 Å². The van der Waals surface area contributed by atoms with Gasteiger partial charge in [0.2, 0.25) is 11.8 Å². The van der Waals surface area contributed by atoms with Crippen LogP contribution in [0.2, 0.25) is 0 Å². The van der Waals surface area contributed by atoms with Gasteiger partial charge < -0.3 is 10.6 Å². The monoisotopic (exact) mass is 322 g/mol. The van der Waals surface area contributed by atoms with Gasteiger partial charge in [-0.1, -0.05) is 0 Å². The second-order valence-corrected chi connectivity index (χ2v) is 7.00. The minimum Gasteiger partial charge on any atom is -0.302 e. The lowest BCUT2D eigenvalue weighted by Crippen LogP contribution is -2.15. The summed E-state index contributed by atoms with van der Waals surface area (Å²) in [5.41, 5.74) is 0.650. The van der Waals surface area contributed by atoms with Gasteiger partial charge in [0.1, 0.15) is 0 Å². The summed E-state index contributed by atoms with van der Waals surface area (Å²) >= 11 is 2.77. The van der Waals surface area contributed by atoms with Crippen LogP contribution in [0.3, 0.4) is 0 Å². The van der Waals surface area contributed by atoms with Crippen LogP contribution in [-0.2, 0) is 16.0 Å². The smallest absolute Gasteiger partial charge is 0.232 e. The highest BCUT2D eigenvalue weighted by molar-refractivity contribution is 7.15. The van der Waals surface area contributed by atoms with Crippen molar-refractivity contribution in [2.75, 3.05) is 10.6 Å². The molecule has 0 unspecified atom stereocenters. The van der Waals surface area contributed by atoms with Crippen molar-refractivity contribution in [2.45, 2.75) is 26.2 Å². The molecule has 1 aliphatic rings. The average molecular weight is 322 g/mol. The summed E-state index contributed by atoms with van der Waals surface area (Å²) in [7, 11) is 0. The van der Waals surface area contributed by atoms with E-state index in [2.05, 4.69) is 20.6 Å². The molecular weight excluding hydrogens is 308 g/mol. The van der Waals surface area contributed by atoms with Crippen LogP contribution in [0.25, 0.3) is 0 Å². The Kier molecular flexibility index (Phi) is 3.98. The number of hydrogen-bond acceptors (Lipinski definition) is 6. The molecule has 8 heteroatoms. The van der Waals surface area contributed by atoms with Crippen molar-refractivity contribution in [1.29, 1.82) is 0 Å². The molecular formula is C13H14N4O2S2. The van der Waals surface area contributed by atoms with E-state index in [4.69, 9.17) is 0 Å².